The maximum Gasteiger partial charge on any atom is 0.219 e. The number of amides is 1. The van der Waals surface area contributed by atoms with Crippen LogP contribution in [0.25, 0.3) is 33.1 Å². The monoisotopic (exact) mass is 399 g/mol. The van der Waals surface area contributed by atoms with Crippen molar-refractivity contribution in [2.75, 3.05) is 18.4 Å². The number of benzene rings is 2. The summed E-state index contributed by atoms with van der Waals surface area (Å²) >= 11 is 0. The van der Waals surface area contributed by atoms with Gasteiger partial charge < -0.3 is 14.8 Å². The standard InChI is InChI=1S/C24H25N5O/c1-16(30)29-11-6-19(7-12-29)27-20-14-21(24-22(15-20)25-8-9-26-24)17-3-4-23-18(13-17)5-10-28(23)2/h3-5,8-10,13-15,19,27H,6-7,11-12H2,1-2H3. The Hall–Kier alpha value is -3.41. The predicted molar refractivity (Wildman–Crippen MR) is 120 cm³/mol. The van der Waals surface area contributed by atoms with Gasteiger partial charge >= 0.3 is 0 Å². The summed E-state index contributed by atoms with van der Waals surface area (Å²) in [6.07, 6.45) is 7.46. The van der Waals surface area contributed by atoms with Crippen LogP contribution in [0.5, 0.6) is 0 Å². The number of hydrogen-bond donors (Lipinski definition) is 1. The van der Waals surface area contributed by atoms with E-state index in [-0.39, 0.29) is 5.91 Å². The normalized spacial score (nSPS) is 15.1. The third kappa shape index (κ3) is 3.38. The Morgan fingerprint density at radius 1 is 1.07 bits per heavy atom. The van der Waals surface area contributed by atoms with E-state index in [0.717, 1.165) is 53.8 Å². The zero-order chi connectivity index (χ0) is 20.7. The van der Waals surface area contributed by atoms with Crippen molar-refractivity contribution in [3.63, 3.8) is 0 Å². The number of rotatable bonds is 3. The maximum absolute atomic E-state index is 11.6. The number of hydrogen-bond acceptors (Lipinski definition) is 4. The van der Waals surface area contributed by atoms with E-state index < -0.39 is 0 Å². The fraction of sp³-hybridized carbons (Fsp3) is 0.292. The van der Waals surface area contributed by atoms with Gasteiger partial charge in [0.05, 0.1) is 11.0 Å². The van der Waals surface area contributed by atoms with Gasteiger partial charge in [0, 0.05) is 73.8 Å². The molecule has 0 radical (unpaired) electrons. The van der Waals surface area contributed by atoms with Gasteiger partial charge in [-0.3, -0.25) is 14.8 Å². The molecule has 0 spiro atoms. The van der Waals surface area contributed by atoms with E-state index >= 15 is 0 Å². The number of anilines is 1. The summed E-state index contributed by atoms with van der Waals surface area (Å²) in [5.74, 6) is 0.160. The molecule has 1 fully saturated rings. The first kappa shape index (κ1) is 18.6. The van der Waals surface area contributed by atoms with Crippen LogP contribution >= 0.6 is 0 Å². The van der Waals surface area contributed by atoms with Crippen LogP contribution in [0.1, 0.15) is 19.8 Å². The lowest BCUT2D eigenvalue weighted by molar-refractivity contribution is -0.129. The summed E-state index contributed by atoms with van der Waals surface area (Å²) in [7, 11) is 2.06. The van der Waals surface area contributed by atoms with Crippen LogP contribution in [0, 0.1) is 0 Å². The lowest BCUT2D eigenvalue weighted by Crippen LogP contribution is -2.41. The van der Waals surface area contributed by atoms with E-state index in [2.05, 4.69) is 69.5 Å². The number of nitrogens with zero attached hydrogens (tertiary/aromatic N) is 4. The molecule has 0 aliphatic carbocycles. The zero-order valence-electron chi connectivity index (χ0n) is 17.3. The molecule has 0 atom stereocenters. The van der Waals surface area contributed by atoms with Crippen molar-refractivity contribution in [3.8, 4) is 11.1 Å². The topological polar surface area (TPSA) is 63.1 Å². The highest BCUT2D eigenvalue weighted by atomic mass is 16.2. The average Bonchev–Trinajstić information content (AvgIpc) is 3.13. The van der Waals surface area contributed by atoms with Crippen LogP contribution in [-0.4, -0.2) is 44.5 Å². The van der Waals surface area contributed by atoms with Crippen molar-refractivity contribution in [1.29, 1.82) is 0 Å². The Kier molecular flexibility index (Phi) is 4.62. The molecule has 1 N–H and O–H groups in total. The van der Waals surface area contributed by atoms with Crippen molar-refractivity contribution < 1.29 is 4.79 Å². The van der Waals surface area contributed by atoms with Gasteiger partial charge in [0.25, 0.3) is 0 Å². The maximum atomic E-state index is 11.6. The van der Waals surface area contributed by atoms with Crippen LogP contribution in [0.4, 0.5) is 5.69 Å². The largest absolute Gasteiger partial charge is 0.382 e. The van der Waals surface area contributed by atoms with Crippen LogP contribution < -0.4 is 5.32 Å². The summed E-state index contributed by atoms with van der Waals surface area (Å²) in [6, 6.07) is 13.3. The molecule has 4 aromatic rings. The smallest absolute Gasteiger partial charge is 0.219 e. The average molecular weight is 399 g/mol. The minimum Gasteiger partial charge on any atom is -0.382 e. The molecule has 2 aromatic carbocycles. The van der Waals surface area contributed by atoms with Gasteiger partial charge in [-0.05, 0) is 48.7 Å². The van der Waals surface area contributed by atoms with Crippen LogP contribution in [-0.2, 0) is 11.8 Å². The summed E-state index contributed by atoms with van der Waals surface area (Å²) in [5, 5.41) is 4.88. The van der Waals surface area contributed by atoms with Crippen molar-refractivity contribution in [2.24, 2.45) is 7.05 Å². The van der Waals surface area contributed by atoms with Gasteiger partial charge in [0.15, 0.2) is 0 Å². The van der Waals surface area contributed by atoms with Crippen molar-refractivity contribution in [3.05, 3.63) is 55.0 Å². The second-order valence-electron chi connectivity index (χ2n) is 8.07. The van der Waals surface area contributed by atoms with Crippen molar-refractivity contribution in [1.82, 2.24) is 19.4 Å². The Labute approximate surface area is 175 Å². The minimum absolute atomic E-state index is 0.160. The number of nitrogens with one attached hydrogen (secondary N) is 1. The molecule has 3 heterocycles. The SMILES string of the molecule is CC(=O)N1CCC(Nc2cc(-c3ccc4c(ccn4C)c3)c3nccnc3c2)CC1. The second-order valence-corrected chi connectivity index (χ2v) is 8.07. The molecule has 1 aliphatic rings. The van der Waals surface area contributed by atoms with Crippen LogP contribution in [0.3, 0.4) is 0 Å². The molecule has 30 heavy (non-hydrogen) atoms. The Bertz CT molecular complexity index is 1240. The molecule has 1 amide bonds. The first-order chi connectivity index (χ1) is 14.6. The fourth-order valence-corrected chi connectivity index (χ4v) is 4.40. The molecule has 6 nitrogen and oxygen atoms in total. The van der Waals surface area contributed by atoms with Gasteiger partial charge in [-0.1, -0.05) is 6.07 Å². The predicted octanol–water partition coefficient (Wildman–Crippen LogP) is 4.21. The van der Waals surface area contributed by atoms with Gasteiger partial charge in [0.1, 0.15) is 0 Å². The van der Waals surface area contributed by atoms with Crippen LogP contribution in [0.15, 0.2) is 55.0 Å². The van der Waals surface area contributed by atoms with E-state index in [9.17, 15) is 4.79 Å². The number of carbonyl (C=O) groups is 1. The van der Waals surface area contributed by atoms with E-state index in [0.29, 0.717) is 6.04 Å². The number of fused-ring (bicyclic) bond motifs is 2. The van der Waals surface area contributed by atoms with Crippen molar-refractivity contribution in [2.45, 2.75) is 25.8 Å². The van der Waals surface area contributed by atoms with Gasteiger partial charge in [-0.2, -0.15) is 0 Å². The first-order valence-corrected chi connectivity index (χ1v) is 10.4. The molecule has 0 bridgehead atoms. The fourth-order valence-electron chi connectivity index (χ4n) is 4.40. The van der Waals surface area contributed by atoms with E-state index in [4.69, 9.17) is 0 Å². The second kappa shape index (κ2) is 7.44. The highest BCUT2D eigenvalue weighted by Gasteiger charge is 2.21. The third-order valence-corrected chi connectivity index (χ3v) is 6.08. The van der Waals surface area contributed by atoms with Gasteiger partial charge in [-0.25, -0.2) is 0 Å². The lowest BCUT2D eigenvalue weighted by atomic mass is 10.00. The number of piperidine rings is 1. The molecule has 0 saturated carbocycles. The summed E-state index contributed by atoms with van der Waals surface area (Å²) in [5.41, 5.74) is 6.26. The lowest BCUT2D eigenvalue weighted by Gasteiger charge is -2.32. The number of aromatic nitrogens is 3. The van der Waals surface area contributed by atoms with Gasteiger partial charge in [-0.15, -0.1) is 0 Å². The highest BCUT2D eigenvalue weighted by Crippen LogP contribution is 2.32. The Morgan fingerprint density at radius 2 is 1.87 bits per heavy atom. The first-order valence-electron chi connectivity index (χ1n) is 10.4. The molecule has 1 aliphatic heterocycles. The number of likely N-dealkylation sites (tertiary alicyclic amines) is 1. The highest BCUT2D eigenvalue weighted by molar-refractivity contribution is 5.97. The number of aryl methyl sites for hydroxylation is 1. The molecule has 2 aromatic heterocycles. The Balaban J connectivity index is 1.50. The molecule has 6 heteroatoms. The quantitative estimate of drug-likeness (QED) is 0.561. The third-order valence-electron chi connectivity index (χ3n) is 6.08. The van der Waals surface area contributed by atoms with Gasteiger partial charge in [0.2, 0.25) is 5.91 Å². The van der Waals surface area contributed by atoms with Crippen LogP contribution in [0.2, 0.25) is 0 Å². The molecule has 152 valence electrons. The minimum atomic E-state index is 0.160. The van der Waals surface area contributed by atoms with E-state index in [1.54, 1.807) is 19.3 Å². The summed E-state index contributed by atoms with van der Waals surface area (Å²) in [6.45, 7) is 3.25. The molecule has 5 rings (SSSR count). The summed E-state index contributed by atoms with van der Waals surface area (Å²) < 4.78 is 2.13. The zero-order valence-corrected chi connectivity index (χ0v) is 17.3. The van der Waals surface area contributed by atoms with Crippen molar-refractivity contribution >= 4 is 33.5 Å². The molecule has 1 saturated heterocycles. The molecular weight excluding hydrogens is 374 g/mol. The number of carbonyl (C=O) groups excluding carboxylic acids is 1. The molecule has 0 unspecified atom stereocenters. The summed E-state index contributed by atoms with van der Waals surface area (Å²) in [4.78, 5) is 22.7. The van der Waals surface area contributed by atoms with E-state index in [1.165, 1.54) is 10.9 Å². The Morgan fingerprint density at radius 3 is 2.67 bits per heavy atom. The molecular formula is C24H25N5O. The van der Waals surface area contributed by atoms with E-state index in [1.807, 2.05) is 4.90 Å².